The lowest BCUT2D eigenvalue weighted by Crippen LogP contribution is -2.10. The summed E-state index contributed by atoms with van der Waals surface area (Å²) in [7, 11) is 0. The normalized spacial score (nSPS) is 8.81. The van der Waals surface area contributed by atoms with Crippen molar-refractivity contribution in [1.82, 2.24) is 5.48 Å². The van der Waals surface area contributed by atoms with E-state index in [0.717, 1.165) is 6.42 Å². The number of carboxylic acids is 2. The van der Waals surface area contributed by atoms with Gasteiger partial charge < -0.3 is 15.4 Å². The predicted molar refractivity (Wildman–Crippen MR) is 55.2 cm³/mol. The SMILES string of the molecule is O=C(O)C(=O)O.ONCCc1ccccc1. The van der Waals surface area contributed by atoms with Crippen LogP contribution in [0.2, 0.25) is 0 Å². The van der Waals surface area contributed by atoms with Crippen LogP contribution in [0.3, 0.4) is 0 Å². The van der Waals surface area contributed by atoms with Crippen molar-refractivity contribution in [3.8, 4) is 0 Å². The molecule has 6 nitrogen and oxygen atoms in total. The number of benzene rings is 1. The fourth-order valence-electron chi connectivity index (χ4n) is 0.845. The minimum atomic E-state index is -1.82. The van der Waals surface area contributed by atoms with E-state index < -0.39 is 11.9 Å². The summed E-state index contributed by atoms with van der Waals surface area (Å²) >= 11 is 0. The van der Waals surface area contributed by atoms with Crippen LogP contribution in [0.5, 0.6) is 0 Å². The Hall–Kier alpha value is -1.92. The monoisotopic (exact) mass is 227 g/mol. The van der Waals surface area contributed by atoms with E-state index in [1.807, 2.05) is 30.3 Å². The number of rotatable bonds is 3. The molecule has 88 valence electrons. The van der Waals surface area contributed by atoms with Crippen LogP contribution in [0.4, 0.5) is 0 Å². The molecule has 0 heterocycles. The van der Waals surface area contributed by atoms with Crippen molar-refractivity contribution in [2.24, 2.45) is 0 Å². The highest BCUT2D eigenvalue weighted by Gasteiger charge is 2.04. The molecule has 0 unspecified atom stereocenters. The van der Waals surface area contributed by atoms with E-state index in [1.54, 1.807) is 0 Å². The van der Waals surface area contributed by atoms with Gasteiger partial charge >= 0.3 is 11.9 Å². The van der Waals surface area contributed by atoms with Crippen molar-refractivity contribution in [2.45, 2.75) is 6.42 Å². The third-order valence-electron chi connectivity index (χ3n) is 1.55. The summed E-state index contributed by atoms with van der Waals surface area (Å²) < 4.78 is 0. The minimum Gasteiger partial charge on any atom is -0.473 e. The van der Waals surface area contributed by atoms with Crippen LogP contribution in [0.15, 0.2) is 30.3 Å². The summed E-state index contributed by atoms with van der Waals surface area (Å²) in [6.45, 7) is 0.615. The van der Waals surface area contributed by atoms with E-state index in [-0.39, 0.29) is 0 Å². The highest BCUT2D eigenvalue weighted by atomic mass is 16.5. The molecule has 0 saturated heterocycles. The molecule has 0 aliphatic heterocycles. The van der Waals surface area contributed by atoms with Crippen molar-refractivity contribution in [2.75, 3.05) is 6.54 Å². The molecule has 0 aliphatic rings. The molecule has 1 aromatic carbocycles. The maximum absolute atomic E-state index is 9.10. The third-order valence-corrected chi connectivity index (χ3v) is 1.55. The molecule has 1 aromatic rings. The molecule has 0 saturated carbocycles. The first kappa shape index (κ1) is 14.1. The van der Waals surface area contributed by atoms with E-state index in [1.165, 1.54) is 5.56 Å². The Morgan fingerprint density at radius 1 is 1.06 bits per heavy atom. The molecule has 1 rings (SSSR count). The van der Waals surface area contributed by atoms with Gasteiger partial charge in [0.2, 0.25) is 0 Å². The Balaban J connectivity index is 0.000000325. The Bertz CT molecular complexity index is 313. The second kappa shape index (κ2) is 8.39. The van der Waals surface area contributed by atoms with Gasteiger partial charge in [-0.2, -0.15) is 0 Å². The Labute approximate surface area is 92.1 Å². The first-order valence-corrected chi connectivity index (χ1v) is 4.45. The molecule has 16 heavy (non-hydrogen) atoms. The number of hydrogen-bond donors (Lipinski definition) is 4. The third kappa shape index (κ3) is 7.48. The molecule has 0 bridgehead atoms. The first-order chi connectivity index (χ1) is 7.57. The van der Waals surface area contributed by atoms with Crippen molar-refractivity contribution in [3.63, 3.8) is 0 Å². The van der Waals surface area contributed by atoms with Gasteiger partial charge in [-0.1, -0.05) is 30.3 Å². The number of hydrogen-bond acceptors (Lipinski definition) is 4. The molecule has 0 spiro atoms. The van der Waals surface area contributed by atoms with Crippen LogP contribution in [-0.2, 0) is 16.0 Å². The number of aliphatic carboxylic acids is 2. The van der Waals surface area contributed by atoms with Crippen molar-refractivity contribution < 1.29 is 25.0 Å². The molecular weight excluding hydrogens is 214 g/mol. The lowest BCUT2D eigenvalue weighted by Gasteiger charge is -1.97. The summed E-state index contributed by atoms with van der Waals surface area (Å²) in [6.07, 6.45) is 0.872. The maximum atomic E-state index is 9.10. The molecule has 0 aromatic heterocycles. The summed E-state index contributed by atoms with van der Waals surface area (Å²) in [5.41, 5.74) is 3.36. The predicted octanol–water partition coefficient (Wildman–Crippen LogP) is 0.364. The summed E-state index contributed by atoms with van der Waals surface area (Å²) in [5.74, 6) is -3.65. The molecule has 6 heteroatoms. The van der Waals surface area contributed by atoms with Gasteiger partial charge in [0.25, 0.3) is 0 Å². The van der Waals surface area contributed by atoms with Crippen LogP contribution in [0.25, 0.3) is 0 Å². The summed E-state index contributed by atoms with van der Waals surface area (Å²) in [5, 5.41) is 23.1. The molecule has 4 N–H and O–H groups in total. The average molecular weight is 227 g/mol. The van der Waals surface area contributed by atoms with Crippen LogP contribution in [0.1, 0.15) is 5.56 Å². The van der Waals surface area contributed by atoms with Crippen LogP contribution >= 0.6 is 0 Å². The topological polar surface area (TPSA) is 107 Å². The fraction of sp³-hybridized carbons (Fsp3) is 0.200. The van der Waals surface area contributed by atoms with Crippen molar-refractivity contribution in [3.05, 3.63) is 35.9 Å². The van der Waals surface area contributed by atoms with Crippen LogP contribution < -0.4 is 5.48 Å². The smallest absolute Gasteiger partial charge is 0.414 e. The number of carbonyl (C=O) groups is 2. The average Bonchev–Trinajstić information content (AvgIpc) is 2.28. The molecule has 0 radical (unpaired) electrons. The quantitative estimate of drug-likeness (QED) is 0.439. The number of nitrogens with one attached hydrogen (secondary N) is 1. The van der Waals surface area contributed by atoms with Crippen molar-refractivity contribution in [1.29, 1.82) is 0 Å². The molecular formula is C10H13NO5. The van der Waals surface area contributed by atoms with Gasteiger partial charge in [0, 0.05) is 6.54 Å². The zero-order chi connectivity index (χ0) is 12.4. The van der Waals surface area contributed by atoms with Gasteiger partial charge in [0.15, 0.2) is 0 Å². The lowest BCUT2D eigenvalue weighted by atomic mass is 10.2. The van der Waals surface area contributed by atoms with Gasteiger partial charge in [-0.05, 0) is 12.0 Å². The van der Waals surface area contributed by atoms with Crippen molar-refractivity contribution >= 4 is 11.9 Å². The second-order valence-electron chi connectivity index (χ2n) is 2.75. The van der Waals surface area contributed by atoms with Gasteiger partial charge in [0.1, 0.15) is 0 Å². The Kier molecular flexibility index (Phi) is 7.39. The lowest BCUT2D eigenvalue weighted by molar-refractivity contribution is -0.159. The maximum Gasteiger partial charge on any atom is 0.414 e. The van der Waals surface area contributed by atoms with Gasteiger partial charge in [-0.15, -0.1) is 0 Å². The first-order valence-electron chi connectivity index (χ1n) is 4.45. The summed E-state index contributed by atoms with van der Waals surface area (Å²) in [6, 6.07) is 10.0. The highest BCUT2D eigenvalue weighted by Crippen LogP contribution is 1.97. The standard InChI is InChI=1S/C8H11NO.C2H2O4/c10-9-7-6-8-4-2-1-3-5-8;3-1(4)2(5)6/h1-5,9-10H,6-7H2;(H,3,4)(H,5,6). The molecule has 0 aliphatic carbocycles. The van der Waals surface area contributed by atoms with Gasteiger partial charge in [-0.25, -0.2) is 15.1 Å². The second-order valence-corrected chi connectivity index (χ2v) is 2.75. The summed E-state index contributed by atoms with van der Waals surface area (Å²) in [4.78, 5) is 18.2. The molecule has 0 atom stereocenters. The fourth-order valence-corrected chi connectivity index (χ4v) is 0.845. The molecule has 0 amide bonds. The van der Waals surface area contributed by atoms with Crippen LogP contribution in [-0.4, -0.2) is 33.9 Å². The number of carboxylic acid groups (broad SMARTS) is 2. The minimum absolute atomic E-state index is 0.615. The van der Waals surface area contributed by atoms with Gasteiger partial charge in [0.05, 0.1) is 0 Å². The Morgan fingerprint density at radius 2 is 1.56 bits per heavy atom. The Morgan fingerprint density at radius 3 is 1.94 bits per heavy atom. The van der Waals surface area contributed by atoms with E-state index in [4.69, 9.17) is 25.0 Å². The number of hydroxylamine groups is 1. The van der Waals surface area contributed by atoms with E-state index in [0.29, 0.717) is 6.54 Å². The van der Waals surface area contributed by atoms with Gasteiger partial charge in [-0.3, -0.25) is 0 Å². The largest absolute Gasteiger partial charge is 0.473 e. The zero-order valence-electron chi connectivity index (χ0n) is 8.46. The van der Waals surface area contributed by atoms with Crippen LogP contribution in [0, 0.1) is 0 Å². The van der Waals surface area contributed by atoms with E-state index in [9.17, 15) is 0 Å². The molecule has 0 fully saturated rings. The zero-order valence-corrected chi connectivity index (χ0v) is 8.46. The highest BCUT2D eigenvalue weighted by molar-refractivity contribution is 6.27. The van der Waals surface area contributed by atoms with E-state index in [2.05, 4.69) is 5.48 Å². The van der Waals surface area contributed by atoms with E-state index >= 15 is 0 Å².